The molecule has 0 bridgehead atoms. The van der Waals surface area contributed by atoms with E-state index in [0.717, 1.165) is 18.4 Å². The highest BCUT2D eigenvalue weighted by Gasteiger charge is 2.28. The Balaban J connectivity index is 1.59. The monoisotopic (exact) mass is 385 g/mol. The van der Waals surface area contributed by atoms with Gasteiger partial charge in [-0.3, -0.25) is 9.59 Å². The third-order valence-electron chi connectivity index (χ3n) is 4.96. The lowest BCUT2D eigenvalue weighted by molar-refractivity contribution is -0.137. The van der Waals surface area contributed by atoms with Gasteiger partial charge in [-0.05, 0) is 35.4 Å². The number of nitrogens with one attached hydrogen (secondary N) is 1. The number of carbonyl (C=O) groups excluding carboxylic acids is 2. The number of carbonyl (C=O) groups is 2. The second-order valence-electron chi connectivity index (χ2n) is 7.01. The van der Waals surface area contributed by atoms with E-state index in [9.17, 15) is 9.59 Å². The van der Waals surface area contributed by atoms with Gasteiger partial charge in [0.05, 0.1) is 0 Å². The zero-order valence-corrected chi connectivity index (χ0v) is 16.5. The molecule has 2 amide bonds. The summed E-state index contributed by atoms with van der Waals surface area (Å²) in [6.07, 6.45) is 2.54. The average molecular weight is 386 g/mol. The molecule has 2 heterocycles. The van der Waals surface area contributed by atoms with Gasteiger partial charge in [0.15, 0.2) is 0 Å². The van der Waals surface area contributed by atoms with E-state index in [1.54, 1.807) is 11.3 Å². The van der Waals surface area contributed by atoms with Crippen LogP contribution in [0.25, 0.3) is 0 Å². The number of fused-ring (bicyclic) bond motifs is 1. The van der Waals surface area contributed by atoms with Gasteiger partial charge in [0.25, 0.3) is 0 Å². The Kier molecular flexibility index (Phi) is 6.63. The van der Waals surface area contributed by atoms with Gasteiger partial charge in [0.2, 0.25) is 11.8 Å². The van der Waals surface area contributed by atoms with Crippen molar-refractivity contribution in [3.05, 3.63) is 57.8 Å². The van der Waals surface area contributed by atoms with Crippen LogP contribution in [0.3, 0.4) is 0 Å². The molecule has 6 heteroatoms. The molecule has 0 saturated carbocycles. The summed E-state index contributed by atoms with van der Waals surface area (Å²) in [5.41, 5.74) is 8.30. The van der Waals surface area contributed by atoms with E-state index in [1.807, 2.05) is 42.2 Å². The number of thiophene rings is 1. The van der Waals surface area contributed by atoms with Crippen LogP contribution in [0.5, 0.6) is 0 Å². The molecular formula is C21H27N3O2S. The van der Waals surface area contributed by atoms with E-state index >= 15 is 0 Å². The fourth-order valence-electron chi connectivity index (χ4n) is 3.47. The highest BCUT2D eigenvalue weighted by molar-refractivity contribution is 7.10. The molecule has 0 aliphatic carbocycles. The SMILES string of the molecule is CCCC(NC(=O)CC(N)c1ccccc1)C(=O)N1CCc2sccc2C1. The third-order valence-corrected chi connectivity index (χ3v) is 5.99. The number of hydrogen-bond acceptors (Lipinski definition) is 4. The molecule has 0 spiro atoms. The van der Waals surface area contributed by atoms with Crippen molar-refractivity contribution in [1.82, 2.24) is 10.2 Å². The van der Waals surface area contributed by atoms with Gasteiger partial charge in [-0.15, -0.1) is 11.3 Å². The van der Waals surface area contributed by atoms with Crippen molar-refractivity contribution in [2.45, 2.75) is 51.2 Å². The standard InChI is InChI=1S/C21H27N3O2S/c1-2-6-18(21(26)24-11-9-19-16(14-24)10-12-27-19)23-20(25)13-17(22)15-7-4-3-5-8-15/h3-5,7-8,10,12,17-18H,2,6,9,11,13-14,22H2,1H3,(H,23,25). The summed E-state index contributed by atoms with van der Waals surface area (Å²) in [5, 5.41) is 5.00. The molecule has 2 unspecified atom stereocenters. The lowest BCUT2D eigenvalue weighted by atomic mass is 10.0. The molecule has 2 aromatic rings. The summed E-state index contributed by atoms with van der Waals surface area (Å²) in [4.78, 5) is 28.7. The second-order valence-corrected chi connectivity index (χ2v) is 8.01. The molecule has 144 valence electrons. The van der Waals surface area contributed by atoms with Gasteiger partial charge in [0.1, 0.15) is 6.04 Å². The summed E-state index contributed by atoms with van der Waals surface area (Å²) in [5.74, 6) is -0.165. The van der Waals surface area contributed by atoms with Crippen molar-refractivity contribution < 1.29 is 9.59 Å². The quantitative estimate of drug-likeness (QED) is 0.769. The maximum Gasteiger partial charge on any atom is 0.245 e. The number of benzene rings is 1. The van der Waals surface area contributed by atoms with E-state index in [2.05, 4.69) is 16.8 Å². The van der Waals surface area contributed by atoms with Gasteiger partial charge >= 0.3 is 0 Å². The van der Waals surface area contributed by atoms with Crippen molar-refractivity contribution in [2.24, 2.45) is 5.73 Å². The minimum atomic E-state index is -0.481. The molecule has 0 radical (unpaired) electrons. The van der Waals surface area contributed by atoms with Crippen molar-refractivity contribution in [2.75, 3.05) is 6.54 Å². The zero-order valence-electron chi connectivity index (χ0n) is 15.7. The van der Waals surface area contributed by atoms with Crippen LogP contribution in [0.2, 0.25) is 0 Å². The fourth-order valence-corrected chi connectivity index (χ4v) is 4.36. The molecule has 2 atom stereocenters. The maximum absolute atomic E-state index is 13.0. The van der Waals surface area contributed by atoms with Gasteiger partial charge in [-0.2, -0.15) is 0 Å². The fraction of sp³-hybridized carbons (Fsp3) is 0.429. The van der Waals surface area contributed by atoms with E-state index in [1.165, 1.54) is 10.4 Å². The van der Waals surface area contributed by atoms with Crippen LogP contribution in [0, 0.1) is 0 Å². The first-order valence-electron chi connectivity index (χ1n) is 9.52. The number of nitrogens with zero attached hydrogens (tertiary/aromatic N) is 1. The minimum Gasteiger partial charge on any atom is -0.344 e. The lowest BCUT2D eigenvalue weighted by Crippen LogP contribution is -2.50. The molecule has 3 rings (SSSR count). The minimum absolute atomic E-state index is 0.00957. The predicted octanol–water partition coefficient (Wildman–Crippen LogP) is 3.01. The number of rotatable bonds is 7. The Morgan fingerprint density at radius 3 is 2.78 bits per heavy atom. The predicted molar refractivity (Wildman–Crippen MR) is 108 cm³/mol. The normalized spacial score (nSPS) is 15.7. The molecule has 1 aliphatic heterocycles. The Labute approximate surface area is 164 Å². The van der Waals surface area contributed by atoms with Crippen LogP contribution in [-0.4, -0.2) is 29.3 Å². The highest BCUT2D eigenvalue weighted by atomic mass is 32.1. The number of amides is 2. The molecule has 3 N–H and O–H groups in total. The Bertz CT molecular complexity index is 775. The lowest BCUT2D eigenvalue weighted by Gasteiger charge is -2.31. The first kappa shape index (κ1) is 19.6. The molecule has 1 aliphatic rings. The number of nitrogens with two attached hydrogens (primary N) is 1. The summed E-state index contributed by atoms with van der Waals surface area (Å²) in [7, 11) is 0. The number of hydrogen-bond donors (Lipinski definition) is 2. The van der Waals surface area contributed by atoms with Crippen LogP contribution in [0.4, 0.5) is 0 Å². The van der Waals surface area contributed by atoms with E-state index in [-0.39, 0.29) is 24.3 Å². The topological polar surface area (TPSA) is 75.4 Å². The smallest absolute Gasteiger partial charge is 0.245 e. The van der Waals surface area contributed by atoms with Gasteiger partial charge < -0.3 is 16.0 Å². The van der Waals surface area contributed by atoms with Crippen molar-refractivity contribution in [3.8, 4) is 0 Å². The molecule has 1 aromatic carbocycles. The van der Waals surface area contributed by atoms with Gasteiger partial charge in [-0.1, -0.05) is 43.7 Å². The summed E-state index contributed by atoms with van der Waals surface area (Å²) in [6.45, 7) is 3.37. The Morgan fingerprint density at radius 1 is 1.26 bits per heavy atom. The first-order valence-corrected chi connectivity index (χ1v) is 10.4. The highest BCUT2D eigenvalue weighted by Crippen LogP contribution is 2.24. The molecule has 27 heavy (non-hydrogen) atoms. The largest absolute Gasteiger partial charge is 0.344 e. The third kappa shape index (κ3) is 4.96. The molecule has 0 fully saturated rings. The second kappa shape index (κ2) is 9.15. The molecule has 1 aromatic heterocycles. The van der Waals surface area contributed by atoms with Crippen molar-refractivity contribution in [1.29, 1.82) is 0 Å². The van der Waals surface area contributed by atoms with Crippen LogP contribution >= 0.6 is 11.3 Å². The molecular weight excluding hydrogens is 358 g/mol. The summed E-state index contributed by atoms with van der Waals surface area (Å²) < 4.78 is 0. The van der Waals surface area contributed by atoms with Crippen LogP contribution in [0.15, 0.2) is 41.8 Å². The van der Waals surface area contributed by atoms with E-state index in [4.69, 9.17) is 5.73 Å². The molecule has 5 nitrogen and oxygen atoms in total. The van der Waals surface area contributed by atoms with Crippen molar-refractivity contribution >= 4 is 23.2 Å². The van der Waals surface area contributed by atoms with E-state index in [0.29, 0.717) is 19.5 Å². The van der Waals surface area contributed by atoms with Gasteiger partial charge in [0, 0.05) is 30.4 Å². The van der Waals surface area contributed by atoms with Gasteiger partial charge in [-0.25, -0.2) is 0 Å². The molecule has 0 saturated heterocycles. The van der Waals surface area contributed by atoms with E-state index < -0.39 is 6.04 Å². The average Bonchev–Trinajstić information content (AvgIpc) is 3.15. The van der Waals surface area contributed by atoms with Crippen LogP contribution in [0.1, 0.15) is 48.2 Å². The summed E-state index contributed by atoms with van der Waals surface area (Å²) >= 11 is 1.75. The Hall–Kier alpha value is -2.18. The van der Waals surface area contributed by atoms with Crippen molar-refractivity contribution in [3.63, 3.8) is 0 Å². The first-order chi connectivity index (χ1) is 13.1. The van der Waals surface area contributed by atoms with Crippen LogP contribution < -0.4 is 11.1 Å². The maximum atomic E-state index is 13.0. The Morgan fingerprint density at radius 2 is 2.04 bits per heavy atom. The van der Waals surface area contributed by atoms with Crippen LogP contribution in [-0.2, 0) is 22.6 Å². The summed E-state index contributed by atoms with van der Waals surface area (Å²) in [6, 6.07) is 10.8. The zero-order chi connectivity index (χ0) is 19.2.